The second kappa shape index (κ2) is 5.92. The Morgan fingerprint density at radius 3 is 2.78 bits per heavy atom. The highest BCUT2D eigenvalue weighted by Crippen LogP contribution is 1.98. The molecule has 0 saturated heterocycles. The van der Waals surface area contributed by atoms with E-state index in [9.17, 15) is 4.79 Å². The van der Waals surface area contributed by atoms with Gasteiger partial charge in [-0.1, -0.05) is 18.2 Å². The van der Waals surface area contributed by atoms with Crippen LogP contribution in [-0.2, 0) is 0 Å². The fourth-order valence-electron chi connectivity index (χ4n) is 1.38. The van der Waals surface area contributed by atoms with Crippen molar-refractivity contribution >= 4 is 29.5 Å². The van der Waals surface area contributed by atoms with E-state index in [2.05, 4.69) is 15.7 Å². The zero-order valence-electron chi connectivity index (χ0n) is 9.54. The molecule has 1 aliphatic rings. The van der Waals surface area contributed by atoms with Gasteiger partial charge in [-0.15, -0.1) is 0 Å². The molecule has 0 unspecified atom stereocenters. The number of hydrogen-bond acceptors (Lipinski definition) is 4. The van der Waals surface area contributed by atoms with Crippen molar-refractivity contribution in [1.29, 1.82) is 0 Å². The first kappa shape index (κ1) is 12.3. The van der Waals surface area contributed by atoms with Crippen molar-refractivity contribution in [3.63, 3.8) is 0 Å². The number of carbonyl (C=O) groups excluding carboxylic acids is 1. The van der Waals surface area contributed by atoms with Crippen LogP contribution in [0.25, 0.3) is 0 Å². The largest absolute Gasteiger partial charge is 0.298 e. The lowest BCUT2D eigenvalue weighted by Crippen LogP contribution is -2.47. The number of aliphatic imine (C=N–C) groups is 1. The first-order valence-corrected chi connectivity index (χ1v) is 5.77. The molecule has 0 aliphatic carbocycles. The highest BCUT2D eigenvalue weighted by Gasteiger charge is 2.08. The van der Waals surface area contributed by atoms with E-state index in [0.29, 0.717) is 12.2 Å². The molecule has 0 radical (unpaired) electrons. The topological polar surface area (TPSA) is 56.7 Å². The number of hydrazine groups is 1. The van der Waals surface area contributed by atoms with Crippen LogP contribution >= 0.6 is 12.2 Å². The predicted octanol–water partition coefficient (Wildman–Crippen LogP) is 1.06. The summed E-state index contributed by atoms with van der Waals surface area (Å²) in [5.41, 5.74) is 3.42. The third kappa shape index (κ3) is 3.39. The Morgan fingerprint density at radius 2 is 2.11 bits per heavy atom. The molecule has 18 heavy (non-hydrogen) atoms. The van der Waals surface area contributed by atoms with Gasteiger partial charge in [-0.2, -0.15) is 0 Å². The van der Waals surface area contributed by atoms with Crippen molar-refractivity contribution in [1.82, 2.24) is 15.8 Å². The van der Waals surface area contributed by atoms with Crippen LogP contribution in [0.2, 0.25) is 0 Å². The summed E-state index contributed by atoms with van der Waals surface area (Å²) < 4.78 is 0. The van der Waals surface area contributed by atoms with Crippen molar-refractivity contribution < 1.29 is 4.79 Å². The normalized spacial score (nSPS) is 13.2. The number of hydrogen-bond donors (Lipinski definition) is 2. The molecule has 0 bridgehead atoms. The van der Waals surface area contributed by atoms with Gasteiger partial charge in [0.25, 0.3) is 5.91 Å². The maximum atomic E-state index is 11.8. The standard InChI is InChI=1S/C12H12N4OS/c17-11(10-5-2-1-3-6-10)14-12(18)15-16-8-4-7-13-9-16/h1-8H,9H2,(H2,14,15,17,18). The molecule has 5 nitrogen and oxygen atoms in total. The first-order valence-electron chi connectivity index (χ1n) is 5.36. The third-order valence-corrected chi connectivity index (χ3v) is 2.39. The molecule has 0 atom stereocenters. The summed E-state index contributed by atoms with van der Waals surface area (Å²) in [4.78, 5) is 15.8. The summed E-state index contributed by atoms with van der Waals surface area (Å²) in [7, 11) is 0. The number of carbonyl (C=O) groups is 1. The Bertz CT molecular complexity index is 498. The fourth-order valence-corrected chi connectivity index (χ4v) is 1.59. The van der Waals surface area contributed by atoms with Gasteiger partial charge >= 0.3 is 0 Å². The Morgan fingerprint density at radius 1 is 1.33 bits per heavy atom. The Kier molecular flexibility index (Phi) is 4.03. The highest BCUT2D eigenvalue weighted by atomic mass is 32.1. The number of rotatable bonds is 2. The monoisotopic (exact) mass is 260 g/mol. The molecular weight excluding hydrogens is 248 g/mol. The summed E-state index contributed by atoms with van der Waals surface area (Å²) in [5, 5.41) is 4.51. The minimum absolute atomic E-state index is 0.238. The van der Waals surface area contributed by atoms with E-state index in [1.807, 2.05) is 6.07 Å². The number of nitrogens with one attached hydrogen (secondary N) is 2. The fraction of sp³-hybridized carbons (Fsp3) is 0.0833. The van der Waals surface area contributed by atoms with Crippen LogP contribution in [0.4, 0.5) is 0 Å². The molecule has 1 aromatic carbocycles. The van der Waals surface area contributed by atoms with Gasteiger partial charge in [0.1, 0.15) is 6.67 Å². The maximum Gasteiger partial charge on any atom is 0.257 e. The Labute approximate surface area is 110 Å². The lowest BCUT2D eigenvalue weighted by atomic mass is 10.2. The first-order chi connectivity index (χ1) is 8.75. The maximum absolute atomic E-state index is 11.8. The zero-order chi connectivity index (χ0) is 12.8. The Hall–Kier alpha value is -2.21. The molecule has 2 N–H and O–H groups in total. The van der Waals surface area contributed by atoms with Gasteiger partial charge in [0, 0.05) is 18.0 Å². The van der Waals surface area contributed by atoms with Crippen LogP contribution in [0.5, 0.6) is 0 Å². The van der Waals surface area contributed by atoms with E-state index >= 15 is 0 Å². The van der Waals surface area contributed by atoms with Crippen LogP contribution in [0, 0.1) is 0 Å². The summed E-state index contributed by atoms with van der Waals surface area (Å²) in [5.74, 6) is -0.238. The molecule has 0 spiro atoms. The van der Waals surface area contributed by atoms with E-state index < -0.39 is 0 Å². The average Bonchev–Trinajstić information content (AvgIpc) is 2.40. The molecule has 1 amide bonds. The molecule has 1 aromatic rings. The van der Waals surface area contributed by atoms with Gasteiger partial charge in [0.15, 0.2) is 5.11 Å². The molecule has 1 heterocycles. The lowest BCUT2D eigenvalue weighted by Gasteiger charge is -2.22. The molecule has 0 saturated carbocycles. The number of allylic oxidation sites excluding steroid dienone is 1. The lowest BCUT2D eigenvalue weighted by molar-refractivity contribution is 0.0975. The molecular formula is C12H12N4OS. The highest BCUT2D eigenvalue weighted by molar-refractivity contribution is 7.80. The van der Waals surface area contributed by atoms with Crippen molar-refractivity contribution in [3.05, 3.63) is 48.2 Å². The van der Waals surface area contributed by atoms with Crippen molar-refractivity contribution in [3.8, 4) is 0 Å². The zero-order valence-corrected chi connectivity index (χ0v) is 10.4. The molecule has 92 valence electrons. The van der Waals surface area contributed by atoms with Crippen LogP contribution < -0.4 is 10.7 Å². The second-order valence-electron chi connectivity index (χ2n) is 3.55. The number of nitrogens with zero attached hydrogens (tertiary/aromatic N) is 2. The van der Waals surface area contributed by atoms with Gasteiger partial charge in [0.05, 0.1) is 0 Å². The van der Waals surface area contributed by atoms with E-state index in [0.717, 1.165) is 0 Å². The van der Waals surface area contributed by atoms with E-state index in [4.69, 9.17) is 12.2 Å². The summed E-state index contributed by atoms with van der Waals surface area (Å²) in [6, 6.07) is 8.90. The van der Waals surface area contributed by atoms with Crippen molar-refractivity contribution in [2.45, 2.75) is 0 Å². The van der Waals surface area contributed by atoms with Gasteiger partial charge in [-0.05, 0) is 30.4 Å². The summed E-state index contributed by atoms with van der Waals surface area (Å²) >= 11 is 5.04. The molecule has 6 heteroatoms. The smallest absolute Gasteiger partial charge is 0.257 e. The van der Waals surface area contributed by atoms with Gasteiger partial charge in [0.2, 0.25) is 0 Å². The van der Waals surface area contributed by atoms with Crippen molar-refractivity contribution in [2.75, 3.05) is 6.67 Å². The quantitative estimate of drug-likeness (QED) is 0.781. The van der Waals surface area contributed by atoms with Gasteiger partial charge in [-0.25, -0.2) is 0 Å². The number of benzene rings is 1. The molecule has 0 aromatic heterocycles. The minimum atomic E-state index is -0.238. The van der Waals surface area contributed by atoms with Gasteiger partial charge < -0.3 is 0 Å². The summed E-state index contributed by atoms with van der Waals surface area (Å²) in [6.45, 7) is 0.456. The number of thiocarbonyl (C=S) groups is 1. The van der Waals surface area contributed by atoms with Crippen LogP contribution in [-0.4, -0.2) is 28.9 Å². The van der Waals surface area contributed by atoms with E-state index in [-0.39, 0.29) is 11.0 Å². The predicted molar refractivity (Wildman–Crippen MR) is 74.0 cm³/mol. The van der Waals surface area contributed by atoms with Crippen LogP contribution in [0.15, 0.2) is 47.6 Å². The van der Waals surface area contributed by atoms with Crippen LogP contribution in [0.1, 0.15) is 10.4 Å². The molecule has 2 rings (SSSR count). The molecule has 1 aliphatic heterocycles. The molecule has 0 fully saturated rings. The second-order valence-corrected chi connectivity index (χ2v) is 3.95. The number of amides is 1. The van der Waals surface area contributed by atoms with Crippen molar-refractivity contribution in [2.24, 2.45) is 4.99 Å². The van der Waals surface area contributed by atoms with E-state index in [1.165, 1.54) is 0 Å². The summed E-state index contributed by atoms with van der Waals surface area (Å²) in [6.07, 6.45) is 5.26. The van der Waals surface area contributed by atoms with Gasteiger partial charge in [-0.3, -0.25) is 25.5 Å². The average molecular weight is 260 g/mol. The Balaban J connectivity index is 1.86. The van der Waals surface area contributed by atoms with E-state index in [1.54, 1.807) is 47.8 Å². The SMILES string of the molecule is O=C(NC(=S)NN1C=CC=NC1)c1ccccc1. The van der Waals surface area contributed by atoms with Crippen LogP contribution in [0.3, 0.4) is 0 Å². The minimum Gasteiger partial charge on any atom is -0.298 e. The third-order valence-electron chi connectivity index (χ3n) is 2.20.